The van der Waals surface area contributed by atoms with Gasteiger partial charge in [-0.15, -0.1) is 0 Å². The topological polar surface area (TPSA) is 72.6 Å². The minimum absolute atomic E-state index is 0.0128. The largest absolute Gasteiger partial charge is 0.512 e. The average Bonchev–Trinajstić information content (AvgIpc) is 2.72. The van der Waals surface area contributed by atoms with Crippen LogP contribution in [-0.4, -0.2) is 16.2 Å². The van der Waals surface area contributed by atoms with Crippen LogP contribution in [0.4, 0.5) is 4.79 Å². The molecular weight excluding hydrogens is 222 g/mol. The lowest BCUT2D eigenvalue weighted by Gasteiger charge is -1.93. The number of benzene rings is 1. The van der Waals surface area contributed by atoms with Crippen LogP contribution in [0.25, 0.3) is 11.5 Å². The summed E-state index contributed by atoms with van der Waals surface area (Å²) in [5.41, 5.74) is 0.780. The number of rotatable bonds is 3. The van der Waals surface area contributed by atoms with Crippen molar-refractivity contribution in [3.8, 4) is 17.3 Å². The Hall–Kier alpha value is -2.30. The van der Waals surface area contributed by atoms with Gasteiger partial charge >= 0.3 is 6.16 Å². The molecule has 0 radical (unpaired) electrons. The summed E-state index contributed by atoms with van der Waals surface area (Å²) in [5, 5.41) is 8.56. The van der Waals surface area contributed by atoms with Gasteiger partial charge in [0.2, 0.25) is 5.89 Å². The van der Waals surface area contributed by atoms with Gasteiger partial charge in [-0.1, -0.05) is 25.1 Å². The minimum Gasteiger partial charge on any atom is -0.449 e. The van der Waals surface area contributed by atoms with Crippen molar-refractivity contribution >= 4 is 6.16 Å². The van der Waals surface area contributed by atoms with E-state index in [1.807, 2.05) is 37.3 Å². The number of aryl methyl sites for hydroxylation is 1. The Morgan fingerprint density at radius 3 is 2.71 bits per heavy atom. The van der Waals surface area contributed by atoms with Crippen molar-refractivity contribution in [3.63, 3.8) is 0 Å². The van der Waals surface area contributed by atoms with E-state index in [4.69, 9.17) is 9.52 Å². The van der Waals surface area contributed by atoms with Crippen molar-refractivity contribution in [2.75, 3.05) is 0 Å². The molecule has 0 unspecified atom stereocenters. The fourth-order valence-electron chi connectivity index (χ4n) is 1.43. The Labute approximate surface area is 97.7 Å². The molecule has 0 aliphatic heterocycles. The van der Waals surface area contributed by atoms with Gasteiger partial charge in [0, 0.05) is 12.0 Å². The summed E-state index contributed by atoms with van der Waals surface area (Å²) in [5.74, 6) is 0.795. The first-order chi connectivity index (χ1) is 8.20. The van der Waals surface area contributed by atoms with E-state index in [-0.39, 0.29) is 5.88 Å². The molecule has 2 aromatic rings. The van der Waals surface area contributed by atoms with Gasteiger partial charge < -0.3 is 14.3 Å². The molecule has 17 heavy (non-hydrogen) atoms. The highest BCUT2D eigenvalue weighted by molar-refractivity contribution is 5.62. The molecule has 1 N–H and O–H groups in total. The fourth-order valence-corrected chi connectivity index (χ4v) is 1.43. The predicted octanol–water partition coefficient (Wildman–Crippen LogP) is 2.96. The maximum Gasteiger partial charge on any atom is 0.512 e. The number of nitrogens with zero attached hydrogens (tertiary/aromatic N) is 1. The number of hydrogen-bond donors (Lipinski definition) is 1. The van der Waals surface area contributed by atoms with Gasteiger partial charge in [-0.3, -0.25) is 0 Å². The molecule has 0 saturated carbocycles. The van der Waals surface area contributed by atoms with Crippen molar-refractivity contribution in [2.45, 2.75) is 13.3 Å². The van der Waals surface area contributed by atoms with Gasteiger partial charge in [0.25, 0.3) is 5.88 Å². The molecule has 0 aliphatic rings. The predicted molar refractivity (Wildman–Crippen MR) is 60.0 cm³/mol. The lowest BCUT2D eigenvalue weighted by Crippen LogP contribution is -2.04. The van der Waals surface area contributed by atoms with E-state index in [0.717, 1.165) is 5.56 Å². The summed E-state index contributed by atoms with van der Waals surface area (Å²) in [7, 11) is 0. The smallest absolute Gasteiger partial charge is 0.449 e. The molecule has 1 aromatic heterocycles. The van der Waals surface area contributed by atoms with E-state index in [9.17, 15) is 4.79 Å². The zero-order valence-corrected chi connectivity index (χ0v) is 9.21. The van der Waals surface area contributed by atoms with Crippen molar-refractivity contribution in [2.24, 2.45) is 0 Å². The summed E-state index contributed by atoms with van der Waals surface area (Å²) in [6.45, 7) is 1.84. The molecule has 0 amide bonds. The van der Waals surface area contributed by atoms with Gasteiger partial charge in [0.1, 0.15) is 0 Å². The standard InChI is InChI=1S/C12H11NO4/c1-2-9-11(17-12(14)15)13-10(16-9)8-6-4-3-5-7-8/h3-7H,2H2,1H3,(H,14,15). The molecule has 0 aliphatic carbocycles. The van der Waals surface area contributed by atoms with Gasteiger partial charge in [-0.25, -0.2) is 4.79 Å². The third-order valence-corrected chi connectivity index (χ3v) is 2.19. The quantitative estimate of drug-likeness (QED) is 0.825. The highest BCUT2D eigenvalue weighted by atomic mass is 16.7. The molecule has 0 bridgehead atoms. The molecule has 0 fully saturated rings. The molecule has 1 aromatic carbocycles. The molecule has 88 valence electrons. The van der Waals surface area contributed by atoms with Gasteiger partial charge in [0.05, 0.1) is 0 Å². The summed E-state index contributed by atoms with van der Waals surface area (Å²) in [6.07, 6.45) is -0.879. The Balaban J connectivity index is 2.37. The molecule has 5 nitrogen and oxygen atoms in total. The first kappa shape index (κ1) is 11.2. The normalized spacial score (nSPS) is 10.2. The Kier molecular flexibility index (Phi) is 3.09. The van der Waals surface area contributed by atoms with Crippen LogP contribution in [0, 0.1) is 0 Å². The molecule has 0 spiro atoms. The molecule has 0 atom stereocenters. The molecule has 0 saturated heterocycles. The van der Waals surface area contributed by atoms with E-state index in [1.165, 1.54) is 0 Å². The zero-order chi connectivity index (χ0) is 12.3. The number of ether oxygens (including phenoxy) is 1. The van der Waals surface area contributed by atoms with Crippen molar-refractivity contribution in [1.29, 1.82) is 0 Å². The van der Waals surface area contributed by atoms with Crippen LogP contribution in [0.5, 0.6) is 5.88 Å². The minimum atomic E-state index is -1.40. The summed E-state index contributed by atoms with van der Waals surface area (Å²) >= 11 is 0. The Morgan fingerprint density at radius 2 is 2.12 bits per heavy atom. The van der Waals surface area contributed by atoms with Gasteiger partial charge in [0.15, 0.2) is 5.76 Å². The van der Waals surface area contributed by atoms with Gasteiger partial charge in [-0.05, 0) is 12.1 Å². The SMILES string of the molecule is CCc1oc(-c2ccccc2)nc1OC(=O)O. The second-order valence-corrected chi connectivity index (χ2v) is 3.33. The van der Waals surface area contributed by atoms with Crippen molar-refractivity contribution < 1.29 is 19.1 Å². The van der Waals surface area contributed by atoms with Crippen molar-refractivity contribution in [1.82, 2.24) is 4.98 Å². The molecule has 2 rings (SSSR count). The lowest BCUT2D eigenvalue weighted by atomic mass is 10.2. The van der Waals surface area contributed by atoms with Gasteiger partial charge in [-0.2, -0.15) is 4.98 Å². The van der Waals surface area contributed by atoms with Crippen LogP contribution in [0.15, 0.2) is 34.7 Å². The number of oxazole rings is 1. The third-order valence-electron chi connectivity index (χ3n) is 2.19. The third kappa shape index (κ3) is 2.44. The monoisotopic (exact) mass is 233 g/mol. The zero-order valence-electron chi connectivity index (χ0n) is 9.21. The second kappa shape index (κ2) is 4.69. The van der Waals surface area contributed by atoms with E-state index in [2.05, 4.69) is 9.72 Å². The maximum absolute atomic E-state index is 10.5. The van der Waals surface area contributed by atoms with Crippen LogP contribution in [0.1, 0.15) is 12.7 Å². The number of hydrogen-bond acceptors (Lipinski definition) is 4. The van der Waals surface area contributed by atoms with E-state index in [1.54, 1.807) is 0 Å². The maximum atomic E-state index is 10.5. The molecular formula is C12H11NO4. The Morgan fingerprint density at radius 1 is 1.41 bits per heavy atom. The first-order valence-electron chi connectivity index (χ1n) is 5.16. The summed E-state index contributed by atoms with van der Waals surface area (Å²) in [6, 6.07) is 9.24. The highest BCUT2D eigenvalue weighted by Crippen LogP contribution is 2.26. The molecule has 1 heterocycles. The van der Waals surface area contributed by atoms with Crippen LogP contribution in [-0.2, 0) is 6.42 Å². The molecule has 5 heteroatoms. The van der Waals surface area contributed by atoms with E-state index >= 15 is 0 Å². The van der Waals surface area contributed by atoms with Crippen LogP contribution >= 0.6 is 0 Å². The van der Waals surface area contributed by atoms with Crippen LogP contribution in [0.2, 0.25) is 0 Å². The van der Waals surface area contributed by atoms with Crippen LogP contribution in [0.3, 0.4) is 0 Å². The second-order valence-electron chi connectivity index (χ2n) is 3.33. The van der Waals surface area contributed by atoms with E-state index in [0.29, 0.717) is 18.1 Å². The lowest BCUT2D eigenvalue weighted by molar-refractivity contribution is 0.142. The van der Waals surface area contributed by atoms with E-state index < -0.39 is 6.16 Å². The number of carboxylic acid groups (broad SMARTS) is 1. The first-order valence-corrected chi connectivity index (χ1v) is 5.16. The number of carbonyl (C=O) groups is 1. The Bertz CT molecular complexity index is 519. The van der Waals surface area contributed by atoms with Crippen LogP contribution < -0.4 is 4.74 Å². The average molecular weight is 233 g/mol. The summed E-state index contributed by atoms with van der Waals surface area (Å²) < 4.78 is 10.0. The highest BCUT2D eigenvalue weighted by Gasteiger charge is 2.16. The number of aromatic nitrogens is 1. The van der Waals surface area contributed by atoms with Crippen molar-refractivity contribution in [3.05, 3.63) is 36.1 Å². The summed E-state index contributed by atoms with van der Waals surface area (Å²) in [4.78, 5) is 14.5. The fraction of sp³-hybridized carbons (Fsp3) is 0.167.